The molecule has 142 valence electrons. The van der Waals surface area contributed by atoms with Crippen molar-refractivity contribution in [1.29, 1.82) is 0 Å². The van der Waals surface area contributed by atoms with Crippen LogP contribution in [0.2, 0.25) is 0 Å². The fourth-order valence-electron chi connectivity index (χ4n) is 3.27. The van der Waals surface area contributed by atoms with E-state index in [4.69, 9.17) is 4.74 Å². The number of hydrazine groups is 1. The van der Waals surface area contributed by atoms with E-state index in [1.54, 1.807) is 30.3 Å². The predicted molar refractivity (Wildman–Crippen MR) is 97.9 cm³/mol. The molecule has 0 aromatic heterocycles. The van der Waals surface area contributed by atoms with Gasteiger partial charge in [-0.25, -0.2) is 0 Å². The minimum atomic E-state index is -0.564. The van der Waals surface area contributed by atoms with E-state index in [9.17, 15) is 14.4 Å². The average Bonchev–Trinajstić information content (AvgIpc) is 2.64. The van der Waals surface area contributed by atoms with Crippen LogP contribution in [0.5, 0.6) is 0 Å². The molecule has 1 aliphatic rings. The molecule has 0 bridgehead atoms. The van der Waals surface area contributed by atoms with Crippen molar-refractivity contribution in [1.82, 2.24) is 10.9 Å². The number of ether oxygens (including phenoxy) is 1. The smallest absolute Gasteiger partial charge is 0.309 e. The molecule has 0 radical (unpaired) electrons. The molecule has 1 aliphatic carbocycles. The minimum absolute atomic E-state index is 0.139. The van der Waals surface area contributed by atoms with Crippen molar-refractivity contribution in [3.63, 3.8) is 0 Å². The number of carbonyl (C=O) groups excluding carboxylic acids is 3. The molecule has 1 saturated carbocycles. The van der Waals surface area contributed by atoms with Crippen molar-refractivity contribution >= 4 is 17.8 Å². The molecule has 0 atom stereocenters. The lowest BCUT2D eigenvalue weighted by Gasteiger charge is -2.36. The number of carbonyl (C=O) groups is 3. The van der Waals surface area contributed by atoms with Crippen molar-refractivity contribution in [2.75, 3.05) is 6.61 Å². The zero-order valence-corrected chi connectivity index (χ0v) is 15.7. The quantitative estimate of drug-likeness (QED) is 0.639. The van der Waals surface area contributed by atoms with E-state index in [1.807, 2.05) is 0 Å². The third-order valence-electron chi connectivity index (χ3n) is 4.98. The second-order valence-corrected chi connectivity index (χ2v) is 7.89. The number of nitrogens with one attached hydrogen (secondary N) is 2. The monoisotopic (exact) mass is 360 g/mol. The molecule has 2 rings (SSSR count). The average molecular weight is 360 g/mol. The molecule has 2 amide bonds. The lowest BCUT2D eigenvalue weighted by molar-refractivity contribution is -0.154. The third kappa shape index (κ3) is 5.86. The highest BCUT2D eigenvalue weighted by Gasteiger charge is 2.33. The molecule has 0 aliphatic heterocycles. The second kappa shape index (κ2) is 8.83. The molecule has 26 heavy (non-hydrogen) atoms. The molecule has 1 aromatic carbocycles. The Morgan fingerprint density at radius 1 is 1.00 bits per heavy atom. The summed E-state index contributed by atoms with van der Waals surface area (Å²) in [5, 5.41) is 0. The first-order valence-electron chi connectivity index (χ1n) is 9.08. The van der Waals surface area contributed by atoms with Gasteiger partial charge in [-0.15, -0.1) is 0 Å². The fraction of sp³-hybridized carbons (Fsp3) is 0.550. The normalized spacial score (nSPS) is 20.1. The molecular weight excluding hydrogens is 332 g/mol. The van der Waals surface area contributed by atoms with Crippen LogP contribution in [0.4, 0.5) is 0 Å². The number of hydrogen-bond acceptors (Lipinski definition) is 4. The van der Waals surface area contributed by atoms with E-state index < -0.39 is 18.4 Å². The molecule has 2 N–H and O–H groups in total. The summed E-state index contributed by atoms with van der Waals surface area (Å²) in [7, 11) is 0. The van der Waals surface area contributed by atoms with Gasteiger partial charge in [0.15, 0.2) is 6.61 Å². The minimum Gasteiger partial charge on any atom is -0.455 e. The number of hydrogen-bond donors (Lipinski definition) is 2. The highest BCUT2D eigenvalue weighted by molar-refractivity contribution is 5.95. The van der Waals surface area contributed by atoms with Gasteiger partial charge in [0.2, 0.25) is 0 Å². The van der Waals surface area contributed by atoms with Gasteiger partial charge in [0.05, 0.1) is 5.92 Å². The van der Waals surface area contributed by atoms with Crippen molar-refractivity contribution in [2.45, 2.75) is 46.5 Å². The van der Waals surface area contributed by atoms with E-state index >= 15 is 0 Å². The lowest BCUT2D eigenvalue weighted by atomic mass is 9.70. The molecule has 0 heterocycles. The van der Waals surface area contributed by atoms with Crippen LogP contribution in [0.15, 0.2) is 30.3 Å². The van der Waals surface area contributed by atoms with Gasteiger partial charge < -0.3 is 4.74 Å². The molecule has 0 saturated heterocycles. The van der Waals surface area contributed by atoms with Crippen LogP contribution in [0.25, 0.3) is 0 Å². The van der Waals surface area contributed by atoms with Gasteiger partial charge in [0.1, 0.15) is 0 Å². The number of esters is 1. The van der Waals surface area contributed by atoms with Crippen LogP contribution in [-0.4, -0.2) is 24.4 Å². The summed E-state index contributed by atoms with van der Waals surface area (Å²) in [5.74, 6) is -0.845. The van der Waals surface area contributed by atoms with Crippen molar-refractivity contribution in [3.8, 4) is 0 Å². The number of amides is 2. The van der Waals surface area contributed by atoms with Gasteiger partial charge in [0, 0.05) is 5.56 Å². The van der Waals surface area contributed by atoms with Gasteiger partial charge in [-0.05, 0) is 49.1 Å². The summed E-state index contributed by atoms with van der Waals surface area (Å²) >= 11 is 0. The van der Waals surface area contributed by atoms with Crippen LogP contribution >= 0.6 is 0 Å². The van der Waals surface area contributed by atoms with Crippen LogP contribution in [0.3, 0.4) is 0 Å². The van der Waals surface area contributed by atoms with E-state index in [1.165, 1.54) is 0 Å². The molecule has 1 aromatic rings. The zero-order valence-electron chi connectivity index (χ0n) is 15.7. The molecule has 6 nitrogen and oxygen atoms in total. The van der Waals surface area contributed by atoms with Crippen LogP contribution < -0.4 is 10.9 Å². The maximum absolute atomic E-state index is 12.1. The number of benzene rings is 1. The molecular formula is C20H28N2O4. The topological polar surface area (TPSA) is 84.5 Å². The second-order valence-electron chi connectivity index (χ2n) is 7.89. The van der Waals surface area contributed by atoms with Gasteiger partial charge in [-0.2, -0.15) is 0 Å². The van der Waals surface area contributed by atoms with Crippen molar-refractivity contribution < 1.29 is 19.1 Å². The Labute approximate surface area is 154 Å². The van der Waals surface area contributed by atoms with Crippen LogP contribution in [-0.2, 0) is 14.3 Å². The Balaban J connectivity index is 1.68. The van der Waals surface area contributed by atoms with Gasteiger partial charge in [0.25, 0.3) is 11.8 Å². The number of rotatable bonds is 4. The standard InChI is InChI=1S/C20H28N2O4/c1-20(2,3)16-11-9-15(10-12-16)19(25)26-13-17(23)21-22-18(24)14-7-5-4-6-8-14/h4-8,15-16H,9-13H2,1-3H3,(H,21,23)(H,22,24). The molecule has 6 heteroatoms. The van der Waals surface area contributed by atoms with Crippen molar-refractivity contribution in [2.24, 2.45) is 17.3 Å². The maximum Gasteiger partial charge on any atom is 0.309 e. The zero-order chi connectivity index (χ0) is 19.2. The molecule has 0 unspecified atom stereocenters. The van der Waals surface area contributed by atoms with E-state index in [0.29, 0.717) is 11.5 Å². The predicted octanol–water partition coefficient (Wildman–Crippen LogP) is 2.84. The summed E-state index contributed by atoms with van der Waals surface area (Å²) in [6.45, 7) is 6.28. The first kappa shape index (κ1) is 19.9. The highest BCUT2D eigenvalue weighted by atomic mass is 16.5. The maximum atomic E-state index is 12.1. The van der Waals surface area contributed by atoms with E-state index in [2.05, 4.69) is 31.6 Å². The Bertz CT molecular complexity index is 629. The Hall–Kier alpha value is -2.37. The molecule has 0 spiro atoms. The van der Waals surface area contributed by atoms with E-state index in [0.717, 1.165) is 25.7 Å². The SMILES string of the molecule is CC(C)(C)C1CCC(C(=O)OCC(=O)NNC(=O)c2ccccc2)CC1. The van der Waals surface area contributed by atoms with Gasteiger partial charge in [-0.3, -0.25) is 25.2 Å². The summed E-state index contributed by atoms with van der Waals surface area (Å²) in [5.41, 5.74) is 5.23. The van der Waals surface area contributed by atoms with Crippen LogP contribution in [0.1, 0.15) is 56.8 Å². The van der Waals surface area contributed by atoms with Gasteiger partial charge >= 0.3 is 5.97 Å². The largest absolute Gasteiger partial charge is 0.455 e. The van der Waals surface area contributed by atoms with Crippen molar-refractivity contribution in [3.05, 3.63) is 35.9 Å². The summed E-state index contributed by atoms with van der Waals surface area (Å²) in [4.78, 5) is 35.7. The summed E-state index contributed by atoms with van der Waals surface area (Å²) < 4.78 is 5.10. The third-order valence-corrected chi connectivity index (χ3v) is 4.98. The highest BCUT2D eigenvalue weighted by Crippen LogP contribution is 2.40. The fourth-order valence-corrected chi connectivity index (χ4v) is 3.27. The Morgan fingerprint density at radius 3 is 2.19 bits per heavy atom. The summed E-state index contributed by atoms with van der Waals surface area (Å²) in [6.07, 6.45) is 3.60. The Kier molecular flexibility index (Phi) is 6.77. The van der Waals surface area contributed by atoms with Gasteiger partial charge in [-0.1, -0.05) is 39.0 Å². The molecule has 1 fully saturated rings. The lowest BCUT2D eigenvalue weighted by Crippen LogP contribution is -2.44. The first-order valence-corrected chi connectivity index (χ1v) is 9.08. The van der Waals surface area contributed by atoms with E-state index in [-0.39, 0.29) is 17.3 Å². The Morgan fingerprint density at radius 2 is 1.62 bits per heavy atom. The summed E-state index contributed by atoms with van der Waals surface area (Å²) in [6, 6.07) is 8.52. The first-order chi connectivity index (χ1) is 12.3. The van der Waals surface area contributed by atoms with Crippen LogP contribution in [0, 0.1) is 17.3 Å².